The van der Waals surface area contributed by atoms with Crippen molar-refractivity contribution in [1.29, 1.82) is 4.78 Å². The molecule has 1 N–H and O–H groups in total. The first-order valence-corrected chi connectivity index (χ1v) is 4.55. The van der Waals surface area contributed by atoms with Gasteiger partial charge in [-0.15, -0.1) is 0 Å². The van der Waals surface area contributed by atoms with E-state index in [-0.39, 0.29) is 5.25 Å². The van der Waals surface area contributed by atoms with Gasteiger partial charge in [0, 0.05) is 20.7 Å². The summed E-state index contributed by atoms with van der Waals surface area (Å²) in [5.41, 5.74) is 0. The Morgan fingerprint density at radius 1 is 1.62 bits per heavy atom. The number of rotatable bonds is 2. The third-order valence-electron chi connectivity index (χ3n) is 1.19. The molecule has 0 fully saturated rings. The molecule has 0 unspecified atom stereocenters. The van der Waals surface area contributed by atoms with Crippen LogP contribution in [0.4, 0.5) is 0 Å². The number of nitrogens with one attached hydrogen (secondary N) is 1. The van der Waals surface area contributed by atoms with Crippen molar-refractivity contribution in [3.8, 4) is 0 Å². The van der Waals surface area contributed by atoms with Crippen LogP contribution in [0.25, 0.3) is 0 Å². The lowest BCUT2D eigenvalue weighted by molar-refractivity contribution is 0.668. The van der Waals surface area contributed by atoms with E-state index in [4.69, 9.17) is 4.78 Å². The molecule has 0 bridgehead atoms. The second-order valence-corrected chi connectivity index (χ2v) is 5.04. The molecule has 0 aliphatic carbocycles. The molecule has 0 radical (unpaired) electrons. The fraction of sp³-hybridized carbons (Fsp3) is 1.00. The van der Waals surface area contributed by atoms with E-state index in [1.54, 1.807) is 6.92 Å². The average Bonchev–Trinajstić information content (AvgIpc) is 1.67. The van der Waals surface area contributed by atoms with Gasteiger partial charge in [0.15, 0.2) is 0 Å². The molecule has 0 aromatic rings. The van der Waals surface area contributed by atoms with Crippen LogP contribution in [-0.2, 0) is 9.73 Å². The molecule has 0 aliphatic rings. The fourth-order valence-corrected chi connectivity index (χ4v) is 1.00. The molecular formula is C5H13NOS. The molecule has 0 rings (SSSR count). The van der Waals surface area contributed by atoms with Gasteiger partial charge in [-0.1, -0.05) is 20.8 Å². The van der Waals surface area contributed by atoms with Crippen molar-refractivity contribution in [2.24, 2.45) is 0 Å². The van der Waals surface area contributed by atoms with Crippen LogP contribution < -0.4 is 0 Å². The minimum absolute atomic E-state index is 0.00694. The fourth-order valence-electron chi connectivity index (χ4n) is 0.333. The highest BCUT2D eigenvalue weighted by Gasteiger charge is 2.06. The van der Waals surface area contributed by atoms with Gasteiger partial charge in [0.25, 0.3) is 0 Å². The molecule has 3 heteroatoms. The van der Waals surface area contributed by atoms with Crippen LogP contribution >= 0.6 is 0 Å². The lowest BCUT2D eigenvalue weighted by Crippen LogP contribution is -2.13. The molecule has 0 aliphatic heterocycles. The zero-order valence-corrected chi connectivity index (χ0v) is 6.42. The number of hydrogen-bond acceptors (Lipinski definition) is 2. The summed E-state index contributed by atoms with van der Waals surface area (Å²) in [5, 5.41) is 0.00694. The molecule has 0 saturated carbocycles. The van der Waals surface area contributed by atoms with Gasteiger partial charge in [-0.25, -0.2) is 4.21 Å². The Morgan fingerprint density at radius 3 is 2.00 bits per heavy atom. The first-order chi connectivity index (χ1) is 3.50. The lowest BCUT2D eigenvalue weighted by atomic mass is 10.6. The van der Waals surface area contributed by atoms with E-state index in [2.05, 4.69) is 0 Å². The Bertz CT molecular complexity index is 146. The molecule has 0 amide bonds. The summed E-state index contributed by atoms with van der Waals surface area (Å²) in [5.74, 6) is 0.477. The quantitative estimate of drug-likeness (QED) is 0.612. The van der Waals surface area contributed by atoms with E-state index in [1.807, 2.05) is 13.8 Å². The van der Waals surface area contributed by atoms with Gasteiger partial charge in [-0.3, -0.25) is 4.78 Å². The van der Waals surface area contributed by atoms with Gasteiger partial charge in [0.05, 0.1) is 0 Å². The van der Waals surface area contributed by atoms with Crippen LogP contribution in [-0.4, -0.2) is 15.2 Å². The Balaban J connectivity index is 4.17. The maximum absolute atomic E-state index is 10.9. The van der Waals surface area contributed by atoms with Crippen molar-refractivity contribution >= 4 is 9.73 Å². The Kier molecular flexibility index (Phi) is 2.47. The summed E-state index contributed by atoms with van der Waals surface area (Å²) in [6, 6.07) is 0. The van der Waals surface area contributed by atoms with Crippen LogP contribution in [0.15, 0.2) is 0 Å². The molecule has 2 nitrogen and oxygen atoms in total. The minimum Gasteiger partial charge on any atom is -0.253 e. The van der Waals surface area contributed by atoms with Crippen LogP contribution in [0.2, 0.25) is 0 Å². The monoisotopic (exact) mass is 135 g/mol. The highest BCUT2D eigenvalue weighted by Crippen LogP contribution is 1.99. The molecule has 0 aromatic carbocycles. The second-order valence-electron chi connectivity index (χ2n) is 2.06. The van der Waals surface area contributed by atoms with Gasteiger partial charge < -0.3 is 0 Å². The molecule has 50 valence electrons. The maximum atomic E-state index is 10.9. The highest BCUT2D eigenvalue weighted by molar-refractivity contribution is 7.92. The van der Waals surface area contributed by atoms with Crippen molar-refractivity contribution in [2.75, 3.05) is 5.75 Å². The van der Waals surface area contributed by atoms with Gasteiger partial charge in [-0.05, 0) is 0 Å². The number of hydrogen-bond donors (Lipinski definition) is 1. The van der Waals surface area contributed by atoms with Gasteiger partial charge in [0.1, 0.15) is 0 Å². The normalized spacial score (nSPS) is 18.5. The van der Waals surface area contributed by atoms with Gasteiger partial charge in [-0.2, -0.15) is 0 Å². The zero-order chi connectivity index (χ0) is 6.78. The van der Waals surface area contributed by atoms with Crippen LogP contribution in [0, 0.1) is 4.78 Å². The zero-order valence-electron chi connectivity index (χ0n) is 5.60. The van der Waals surface area contributed by atoms with Crippen LogP contribution in [0.3, 0.4) is 0 Å². The largest absolute Gasteiger partial charge is 0.253 e. The van der Waals surface area contributed by atoms with Crippen LogP contribution in [0.1, 0.15) is 20.8 Å². The SMILES string of the molecule is CC[S@](=N)(=O)C(C)C. The van der Waals surface area contributed by atoms with E-state index in [0.717, 1.165) is 0 Å². The summed E-state index contributed by atoms with van der Waals surface area (Å²) < 4.78 is 18.1. The third-order valence-corrected chi connectivity index (χ3v) is 3.57. The van der Waals surface area contributed by atoms with E-state index in [1.165, 1.54) is 0 Å². The maximum Gasteiger partial charge on any atom is 0.0462 e. The first-order valence-electron chi connectivity index (χ1n) is 2.76. The standard InChI is InChI=1S/C5H13NOS/c1-4-8(6,7)5(2)3/h5-6H,4H2,1-3H3/t8-/m0/s1. The molecule has 8 heavy (non-hydrogen) atoms. The molecule has 0 saturated heterocycles. The Hall–Kier alpha value is -0.0500. The Labute approximate surface area is 51.3 Å². The summed E-state index contributed by atoms with van der Waals surface area (Å²) in [6.45, 7) is 5.42. The van der Waals surface area contributed by atoms with E-state index in [9.17, 15) is 4.21 Å². The van der Waals surface area contributed by atoms with Crippen molar-refractivity contribution < 1.29 is 4.21 Å². The summed E-state index contributed by atoms with van der Waals surface area (Å²) in [4.78, 5) is 0. The van der Waals surface area contributed by atoms with Crippen LogP contribution in [0.5, 0.6) is 0 Å². The second kappa shape index (κ2) is 2.49. The predicted octanol–water partition coefficient (Wildman–Crippen LogP) is 1.46. The average molecular weight is 135 g/mol. The molecular weight excluding hydrogens is 122 g/mol. The smallest absolute Gasteiger partial charge is 0.0462 e. The van der Waals surface area contributed by atoms with Crippen molar-refractivity contribution in [3.05, 3.63) is 0 Å². The molecule has 0 heterocycles. The minimum atomic E-state index is -2.24. The van der Waals surface area contributed by atoms with Gasteiger partial charge in [0.2, 0.25) is 0 Å². The van der Waals surface area contributed by atoms with E-state index < -0.39 is 9.73 Å². The highest BCUT2D eigenvalue weighted by atomic mass is 32.2. The molecule has 0 spiro atoms. The summed E-state index contributed by atoms with van der Waals surface area (Å²) in [7, 11) is -2.24. The first kappa shape index (κ1) is 7.95. The summed E-state index contributed by atoms with van der Waals surface area (Å²) in [6.07, 6.45) is 0. The third kappa shape index (κ3) is 1.82. The molecule has 1 atom stereocenters. The topological polar surface area (TPSA) is 40.9 Å². The summed E-state index contributed by atoms with van der Waals surface area (Å²) >= 11 is 0. The molecule has 0 aromatic heterocycles. The van der Waals surface area contributed by atoms with Gasteiger partial charge >= 0.3 is 0 Å². The Morgan fingerprint density at radius 2 is 2.00 bits per heavy atom. The van der Waals surface area contributed by atoms with Crippen molar-refractivity contribution in [1.82, 2.24) is 0 Å². The van der Waals surface area contributed by atoms with Crippen molar-refractivity contribution in [2.45, 2.75) is 26.0 Å². The van der Waals surface area contributed by atoms with E-state index in [0.29, 0.717) is 5.75 Å². The lowest BCUT2D eigenvalue weighted by Gasteiger charge is -2.05. The van der Waals surface area contributed by atoms with Crippen molar-refractivity contribution in [3.63, 3.8) is 0 Å². The van der Waals surface area contributed by atoms with E-state index >= 15 is 0 Å². The predicted molar refractivity (Wildman–Crippen MR) is 36.5 cm³/mol.